The number of carbonyl (C=O) groups is 2. The molecule has 0 spiro atoms. The van der Waals surface area contributed by atoms with Crippen molar-refractivity contribution in [3.8, 4) is 0 Å². The molecule has 0 radical (unpaired) electrons. The second kappa shape index (κ2) is 12.5. The highest BCUT2D eigenvalue weighted by atomic mass is 16.5. The number of ether oxygens (including phenoxy) is 3. The van der Waals surface area contributed by atoms with Crippen molar-refractivity contribution in [3.05, 3.63) is 0 Å². The third-order valence-corrected chi connectivity index (χ3v) is 7.39. The Morgan fingerprint density at radius 3 is 1.94 bits per heavy atom. The molecule has 188 valence electrons. The van der Waals surface area contributed by atoms with E-state index in [-0.39, 0.29) is 41.8 Å². The standard InChI is InChI=1S/C26H49NO5/c1-10-20(11-2)32-21-18-24(5,6)27(25(7,8)19-21)16-17-31-23(29)15-14-22(28)26(12-3,13-4)30-9/h20-21H,10-19H2,1-9H3. The van der Waals surface area contributed by atoms with E-state index in [2.05, 4.69) is 46.4 Å². The van der Waals surface area contributed by atoms with Gasteiger partial charge in [-0.1, -0.05) is 27.7 Å². The van der Waals surface area contributed by atoms with Crippen LogP contribution in [0.1, 0.15) is 107 Å². The van der Waals surface area contributed by atoms with E-state index in [1.165, 1.54) is 0 Å². The number of hydrogen-bond acceptors (Lipinski definition) is 6. The number of carbonyl (C=O) groups excluding carboxylic acids is 2. The number of Topliss-reactive ketones (excluding diaryl/α,β-unsaturated/α-hetero) is 1. The maximum atomic E-state index is 12.6. The zero-order valence-electron chi connectivity index (χ0n) is 22.2. The molecule has 0 aliphatic carbocycles. The molecule has 0 aromatic rings. The monoisotopic (exact) mass is 455 g/mol. The van der Waals surface area contributed by atoms with Gasteiger partial charge in [-0.3, -0.25) is 14.5 Å². The van der Waals surface area contributed by atoms with E-state index in [1.807, 2.05) is 13.8 Å². The van der Waals surface area contributed by atoms with Crippen LogP contribution in [0.2, 0.25) is 0 Å². The summed E-state index contributed by atoms with van der Waals surface area (Å²) >= 11 is 0. The average molecular weight is 456 g/mol. The van der Waals surface area contributed by atoms with Gasteiger partial charge in [-0.05, 0) is 66.2 Å². The largest absolute Gasteiger partial charge is 0.464 e. The highest BCUT2D eigenvalue weighted by Crippen LogP contribution is 2.40. The predicted octanol–water partition coefficient (Wildman–Crippen LogP) is 5.31. The summed E-state index contributed by atoms with van der Waals surface area (Å²) in [6.45, 7) is 18.2. The molecule has 0 amide bonds. The third kappa shape index (κ3) is 7.53. The molecule has 0 atom stereocenters. The van der Waals surface area contributed by atoms with Crippen LogP contribution in [0.3, 0.4) is 0 Å². The van der Waals surface area contributed by atoms with Crippen LogP contribution in [0, 0.1) is 0 Å². The molecule has 32 heavy (non-hydrogen) atoms. The average Bonchev–Trinajstić information content (AvgIpc) is 2.73. The van der Waals surface area contributed by atoms with Gasteiger partial charge >= 0.3 is 5.97 Å². The van der Waals surface area contributed by atoms with Crippen molar-refractivity contribution in [2.24, 2.45) is 0 Å². The minimum absolute atomic E-state index is 0.0243. The van der Waals surface area contributed by atoms with Crippen molar-refractivity contribution in [1.29, 1.82) is 0 Å². The van der Waals surface area contributed by atoms with Crippen LogP contribution in [0.5, 0.6) is 0 Å². The first kappa shape index (κ1) is 29.1. The fourth-order valence-electron chi connectivity index (χ4n) is 5.49. The first-order valence-electron chi connectivity index (χ1n) is 12.6. The summed E-state index contributed by atoms with van der Waals surface area (Å²) in [7, 11) is 1.56. The minimum Gasteiger partial charge on any atom is -0.464 e. The molecule has 1 aliphatic heterocycles. The van der Waals surface area contributed by atoms with Gasteiger partial charge in [-0.25, -0.2) is 0 Å². The lowest BCUT2D eigenvalue weighted by atomic mass is 9.78. The molecule has 0 aromatic carbocycles. The van der Waals surface area contributed by atoms with E-state index in [9.17, 15) is 9.59 Å². The van der Waals surface area contributed by atoms with Crippen LogP contribution in [-0.4, -0.2) is 65.8 Å². The summed E-state index contributed by atoms with van der Waals surface area (Å²) < 4.78 is 17.4. The zero-order chi connectivity index (χ0) is 24.6. The second-order valence-corrected chi connectivity index (χ2v) is 10.4. The lowest BCUT2D eigenvalue weighted by molar-refractivity contribution is -0.153. The number of piperidine rings is 1. The predicted molar refractivity (Wildman–Crippen MR) is 129 cm³/mol. The Hall–Kier alpha value is -0.980. The first-order valence-corrected chi connectivity index (χ1v) is 12.6. The lowest BCUT2D eigenvalue weighted by Gasteiger charge is -2.55. The van der Waals surface area contributed by atoms with Gasteiger partial charge in [0.05, 0.1) is 18.6 Å². The molecule has 1 rings (SSSR count). The first-order chi connectivity index (χ1) is 14.9. The fourth-order valence-corrected chi connectivity index (χ4v) is 5.49. The van der Waals surface area contributed by atoms with Crippen molar-refractivity contribution >= 4 is 11.8 Å². The van der Waals surface area contributed by atoms with Crippen molar-refractivity contribution in [3.63, 3.8) is 0 Å². The Kier molecular flexibility index (Phi) is 11.3. The van der Waals surface area contributed by atoms with Crippen LogP contribution >= 0.6 is 0 Å². The number of methoxy groups -OCH3 is 1. The van der Waals surface area contributed by atoms with Crippen LogP contribution in [0.4, 0.5) is 0 Å². The molecule has 0 N–H and O–H groups in total. The number of esters is 1. The number of likely N-dealkylation sites (tertiary alicyclic amines) is 1. The minimum atomic E-state index is -0.782. The van der Waals surface area contributed by atoms with E-state index < -0.39 is 5.60 Å². The Labute approximate surface area is 196 Å². The number of rotatable bonds is 14. The summed E-state index contributed by atoms with van der Waals surface area (Å²) in [6, 6.07) is 0. The SMILES string of the molecule is CCC(CC)OC1CC(C)(C)N(CCOC(=O)CCC(=O)C(CC)(CC)OC)C(C)(C)C1. The molecule has 1 heterocycles. The number of ketones is 1. The van der Waals surface area contributed by atoms with E-state index >= 15 is 0 Å². The van der Waals surface area contributed by atoms with Crippen molar-refractivity contribution < 1.29 is 23.8 Å². The molecule has 0 aromatic heterocycles. The van der Waals surface area contributed by atoms with Crippen LogP contribution < -0.4 is 0 Å². The number of hydrogen-bond donors (Lipinski definition) is 0. The van der Waals surface area contributed by atoms with Gasteiger partial charge in [0.25, 0.3) is 0 Å². The van der Waals surface area contributed by atoms with Gasteiger partial charge in [0.15, 0.2) is 5.78 Å². The number of nitrogens with zero attached hydrogens (tertiary/aromatic N) is 1. The maximum Gasteiger partial charge on any atom is 0.306 e. The molecule has 1 aliphatic rings. The molecule has 6 nitrogen and oxygen atoms in total. The molecule has 1 fully saturated rings. The Morgan fingerprint density at radius 2 is 1.50 bits per heavy atom. The van der Waals surface area contributed by atoms with Gasteiger partial charge < -0.3 is 14.2 Å². The van der Waals surface area contributed by atoms with Gasteiger partial charge in [-0.15, -0.1) is 0 Å². The topological polar surface area (TPSA) is 65.1 Å². The summed E-state index contributed by atoms with van der Waals surface area (Å²) in [5, 5.41) is 0. The zero-order valence-corrected chi connectivity index (χ0v) is 22.2. The van der Waals surface area contributed by atoms with Crippen molar-refractivity contribution in [2.75, 3.05) is 20.3 Å². The quantitative estimate of drug-likeness (QED) is 0.331. The molecule has 0 unspecified atom stereocenters. The third-order valence-electron chi connectivity index (χ3n) is 7.39. The smallest absolute Gasteiger partial charge is 0.306 e. The van der Waals surface area contributed by atoms with E-state index in [0.717, 1.165) is 25.7 Å². The molecular formula is C26H49NO5. The fraction of sp³-hybridized carbons (Fsp3) is 0.923. The molecule has 0 saturated carbocycles. The Balaban J connectivity index is 2.59. The molecule has 6 heteroatoms. The summed E-state index contributed by atoms with van der Waals surface area (Å²) in [4.78, 5) is 27.3. The Morgan fingerprint density at radius 1 is 0.969 bits per heavy atom. The van der Waals surface area contributed by atoms with Crippen molar-refractivity contribution in [2.45, 2.75) is 136 Å². The summed E-state index contributed by atoms with van der Waals surface area (Å²) in [5.74, 6) is -0.345. The molecular weight excluding hydrogens is 406 g/mol. The van der Waals surface area contributed by atoms with E-state index in [1.54, 1.807) is 7.11 Å². The van der Waals surface area contributed by atoms with Crippen molar-refractivity contribution in [1.82, 2.24) is 4.90 Å². The van der Waals surface area contributed by atoms with Gasteiger partial charge in [0.2, 0.25) is 0 Å². The Bertz CT molecular complexity index is 567. The molecule has 1 saturated heterocycles. The summed E-state index contributed by atoms with van der Waals surface area (Å²) in [6.07, 6.45) is 6.03. The van der Waals surface area contributed by atoms with Gasteiger partial charge in [0.1, 0.15) is 12.2 Å². The highest BCUT2D eigenvalue weighted by Gasteiger charge is 2.45. The van der Waals surface area contributed by atoms with Gasteiger partial charge in [0, 0.05) is 31.2 Å². The lowest BCUT2D eigenvalue weighted by Crippen LogP contribution is -2.63. The highest BCUT2D eigenvalue weighted by molar-refractivity contribution is 5.89. The van der Waals surface area contributed by atoms with Crippen LogP contribution in [-0.2, 0) is 23.8 Å². The van der Waals surface area contributed by atoms with Gasteiger partial charge in [-0.2, -0.15) is 0 Å². The summed E-state index contributed by atoms with van der Waals surface area (Å²) in [5.41, 5.74) is -0.891. The second-order valence-electron chi connectivity index (χ2n) is 10.4. The van der Waals surface area contributed by atoms with E-state index in [4.69, 9.17) is 14.2 Å². The maximum absolute atomic E-state index is 12.6. The van der Waals surface area contributed by atoms with Crippen LogP contribution in [0.15, 0.2) is 0 Å². The van der Waals surface area contributed by atoms with Crippen LogP contribution in [0.25, 0.3) is 0 Å². The van der Waals surface area contributed by atoms with E-state index in [0.29, 0.717) is 32.1 Å². The molecule has 0 bridgehead atoms. The normalized spacial score (nSPS) is 19.3.